The maximum atomic E-state index is 15.7. The second-order valence-electron chi connectivity index (χ2n) is 39.9. The van der Waals surface area contributed by atoms with Gasteiger partial charge < -0.3 is 57.8 Å². The Labute approximate surface area is 799 Å². The lowest BCUT2D eigenvalue weighted by atomic mass is 9.88. The standard InChI is InChI=1S/C111H195N2O17P/c1-12-18-24-30-36-42-48-54-62-72-90(7)82-99(114)112-105-107(128-103(118)83-91(8)73-63-55-49-43-37-31-25-19-13-2)92(9)97(126-110(105)122-87-94-76-66-61-67-77-94)89-123-111-106(113-100(115)84-95(78-68-56-50-44-38-32-26-20-14-3)124-101(116)80-70-58-52-46-40-34-28-22-16-5)109(108(130-131(10,11)120)98(127-111)88-121-86-93-74-64-60-65-75-93)129-104(119)85-96(79-69-57-51-45-39-33-27-21-15-4)125-102(117)81-71-59-53-47-41-35-29-23-17-6/h60-61,64-67,74-77,90-92,95-98,105-111H,12-59,62-63,68-73,78-89H2,1-11H3,(H,112,114)(H,113,115)/t90-,91-,92-,95-,96-,97?,98?,105?,106?,107+,108-,109-,110+,111-/m1/s1. The summed E-state index contributed by atoms with van der Waals surface area (Å²) in [6.45, 7) is 22.2. The van der Waals surface area contributed by atoms with E-state index in [2.05, 4.69) is 66.0 Å². The van der Waals surface area contributed by atoms with E-state index in [9.17, 15) is 23.7 Å². The van der Waals surface area contributed by atoms with E-state index in [1.54, 1.807) is 0 Å². The van der Waals surface area contributed by atoms with Crippen LogP contribution in [-0.4, -0.2) is 130 Å². The van der Waals surface area contributed by atoms with Gasteiger partial charge in [0.1, 0.15) is 42.6 Å². The topological polar surface area (TPSA) is 236 Å². The summed E-state index contributed by atoms with van der Waals surface area (Å²) in [5, 5.41) is 6.58. The first-order valence-corrected chi connectivity index (χ1v) is 57.0. The van der Waals surface area contributed by atoms with Gasteiger partial charge in [0.15, 0.2) is 26.1 Å². The summed E-state index contributed by atoms with van der Waals surface area (Å²) >= 11 is 0. The Morgan fingerprint density at radius 2 is 0.664 bits per heavy atom. The first kappa shape index (κ1) is 119. The Kier molecular flexibility index (Phi) is 70.8. The van der Waals surface area contributed by atoms with Gasteiger partial charge in [0.25, 0.3) is 0 Å². The second kappa shape index (κ2) is 78.2. The van der Waals surface area contributed by atoms with Gasteiger partial charge in [-0.25, -0.2) is 0 Å². The van der Waals surface area contributed by atoms with E-state index in [-0.39, 0.29) is 94.6 Å². The van der Waals surface area contributed by atoms with Crippen molar-refractivity contribution in [2.75, 3.05) is 26.5 Å². The summed E-state index contributed by atoms with van der Waals surface area (Å²) in [5.74, 6) is -3.27. The fourth-order valence-corrected chi connectivity index (χ4v) is 19.4. The van der Waals surface area contributed by atoms with Crippen molar-refractivity contribution in [2.45, 2.75) is 554 Å². The lowest BCUT2D eigenvalue weighted by Crippen LogP contribution is -2.67. The Morgan fingerprint density at radius 3 is 1.07 bits per heavy atom. The molecule has 2 aliphatic rings. The van der Waals surface area contributed by atoms with E-state index < -0.39 is 98.5 Å². The molecule has 2 aliphatic heterocycles. The molecule has 131 heavy (non-hydrogen) atoms. The van der Waals surface area contributed by atoms with Gasteiger partial charge in [-0.05, 0) is 61.5 Å². The van der Waals surface area contributed by atoms with Crippen molar-refractivity contribution < 1.29 is 80.5 Å². The van der Waals surface area contributed by atoms with Gasteiger partial charge in [-0.15, -0.1) is 0 Å². The molecule has 0 bridgehead atoms. The van der Waals surface area contributed by atoms with Crippen LogP contribution < -0.4 is 10.6 Å². The minimum atomic E-state index is -3.59. The van der Waals surface area contributed by atoms with Crippen LogP contribution in [0.3, 0.4) is 0 Å². The van der Waals surface area contributed by atoms with Crippen LogP contribution in [0, 0.1) is 17.8 Å². The lowest BCUT2D eigenvalue weighted by Gasteiger charge is -2.48. The van der Waals surface area contributed by atoms with Crippen LogP contribution >= 0.6 is 7.37 Å². The van der Waals surface area contributed by atoms with Crippen molar-refractivity contribution in [3.05, 3.63) is 71.8 Å². The smallest absolute Gasteiger partial charge is 0.310 e. The molecule has 2 amide bonds. The van der Waals surface area contributed by atoms with Gasteiger partial charge in [-0.3, -0.25) is 33.3 Å². The number of ether oxygens (including phenoxy) is 9. The van der Waals surface area contributed by atoms with Gasteiger partial charge in [0, 0.05) is 44.9 Å². The third-order valence-corrected chi connectivity index (χ3v) is 27.4. The fraction of sp³-hybridized carbons (Fsp3) is 0.838. The third kappa shape index (κ3) is 59.9. The second-order valence-corrected chi connectivity index (χ2v) is 42.6. The van der Waals surface area contributed by atoms with Crippen molar-refractivity contribution in [1.29, 1.82) is 0 Å². The summed E-state index contributed by atoms with van der Waals surface area (Å²) in [6, 6.07) is 17.0. The van der Waals surface area contributed by atoms with Crippen molar-refractivity contribution in [2.24, 2.45) is 17.8 Å². The van der Waals surface area contributed by atoms with Crippen molar-refractivity contribution >= 4 is 43.1 Å². The molecule has 19 nitrogen and oxygen atoms in total. The van der Waals surface area contributed by atoms with E-state index in [0.717, 1.165) is 152 Å². The van der Waals surface area contributed by atoms with Crippen LogP contribution in [0.25, 0.3) is 0 Å². The molecule has 20 heteroatoms. The summed E-state index contributed by atoms with van der Waals surface area (Å²) in [4.78, 5) is 89.4. The number of carbonyl (C=O) groups is 6. The number of rotatable bonds is 86. The predicted octanol–water partition coefficient (Wildman–Crippen LogP) is 29.4. The quantitative estimate of drug-likeness (QED) is 0.0271. The number of esters is 4. The van der Waals surface area contributed by atoms with E-state index in [4.69, 9.17) is 47.2 Å². The molecular weight excluding hydrogens is 1660 g/mol. The van der Waals surface area contributed by atoms with Crippen LogP contribution in [0.15, 0.2) is 60.7 Å². The molecule has 0 radical (unpaired) electrons. The minimum Gasteiger partial charge on any atom is -0.462 e. The highest BCUT2D eigenvalue weighted by molar-refractivity contribution is 7.57. The molecule has 0 saturated carbocycles. The monoisotopic (exact) mass is 1860 g/mol. The average Bonchev–Trinajstić information content (AvgIpc) is 0.780. The van der Waals surface area contributed by atoms with Crippen LogP contribution in [-0.2, 0) is 93.7 Å². The average molecular weight is 1860 g/mol. The Morgan fingerprint density at radius 1 is 0.344 bits per heavy atom. The number of hydrogen-bond acceptors (Lipinski definition) is 17. The number of benzene rings is 2. The summed E-state index contributed by atoms with van der Waals surface area (Å²) in [6.07, 6.45) is 52.9. The molecular formula is C111H195N2O17P. The maximum absolute atomic E-state index is 15.7. The van der Waals surface area contributed by atoms with Crippen molar-refractivity contribution in [1.82, 2.24) is 10.6 Å². The zero-order valence-corrected chi connectivity index (χ0v) is 86.2. The molecule has 14 atom stereocenters. The molecule has 4 rings (SSSR count). The van der Waals surface area contributed by atoms with Gasteiger partial charge in [-0.1, -0.05) is 457 Å². The molecule has 2 saturated heterocycles. The maximum Gasteiger partial charge on any atom is 0.310 e. The summed E-state index contributed by atoms with van der Waals surface area (Å²) < 4.78 is 82.9. The van der Waals surface area contributed by atoms with E-state index in [1.807, 2.05) is 67.6 Å². The molecule has 2 N–H and O–H groups in total. The predicted molar refractivity (Wildman–Crippen MR) is 535 cm³/mol. The number of carbonyl (C=O) groups excluding carboxylic acids is 6. The van der Waals surface area contributed by atoms with E-state index in [1.165, 1.54) is 212 Å². The molecule has 2 heterocycles. The first-order valence-electron chi connectivity index (χ1n) is 54.5. The molecule has 2 aromatic carbocycles. The third-order valence-electron chi connectivity index (χ3n) is 26.6. The Hall–Kier alpha value is -4.75. The fourth-order valence-electron chi connectivity index (χ4n) is 18.6. The van der Waals surface area contributed by atoms with Crippen LogP contribution in [0.2, 0.25) is 0 Å². The van der Waals surface area contributed by atoms with Crippen LogP contribution in [0.1, 0.15) is 484 Å². The normalized spacial score (nSPS) is 19.7. The first-order chi connectivity index (χ1) is 63.7. The molecule has 756 valence electrons. The van der Waals surface area contributed by atoms with Crippen LogP contribution in [0.5, 0.6) is 0 Å². The van der Waals surface area contributed by atoms with Crippen molar-refractivity contribution in [3.63, 3.8) is 0 Å². The Bertz CT molecular complexity index is 3160. The number of hydrogen-bond donors (Lipinski definition) is 2. The summed E-state index contributed by atoms with van der Waals surface area (Å²) in [5.41, 5.74) is 1.71. The lowest BCUT2D eigenvalue weighted by molar-refractivity contribution is -0.299. The zero-order valence-electron chi connectivity index (χ0n) is 85.3. The van der Waals surface area contributed by atoms with Gasteiger partial charge in [0.05, 0.1) is 45.4 Å². The summed E-state index contributed by atoms with van der Waals surface area (Å²) in [7, 11) is -3.59. The molecule has 0 spiro atoms. The molecule has 4 unspecified atom stereocenters. The van der Waals surface area contributed by atoms with E-state index >= 15 is 9.59 Å². The molecule has 0 aromatic heterocycles. The van der Waals surface area contributed by atoms with Gasteiger partial charge in [-0.2, -0.15) is 0 Å². The van der Waals surface area contributed by atoms with E-state index in [0.29, 0.717) is 32.1 Å². The van der Waals surface area contributed by atoms with Gasteiger partial charge in [0.2, 0.25) is 11.8 Å². The number of unbranched alkanes of at least 4 members (excludes halogenated alkanes) is 48. The highest BCUT2D eigenvalue weighted by Gasteiger charge is 2.54. The minimum absolute atomic E-state index is 0.0163. The zero-order chi connectivity index (χ0) is 94.8. The number of amides is 2. The molecule has 0 aliphatic carbocycles. The molecule has 2 fully saturated rings. The SMILES string of the molecule is CCCCCCCCCCCC(=O)O[C@H](CCCCCCCCCCC)CC(=O)NC1[C@H](OCC2O[C@H](OCc3ccccc3)C(NC(=O)C[C@H](C)CCCCCCCCCCC)[C@@H](OC(=O)C[C@H](C)CCCCCCCCCCC)[C@@H]2C)OC(COCc2ccccc2)[C@@H](OP(C)(C)=O)[C@@H]1OC(=O)C[C@@H](CCCCCCCCCCC)OC(=O)CCCCCCCCCCC. The largest absolute Gasteiger partial charge is 0.462 e. The highest BCUT2D eigenvalue weighted by atomic mass is 31.2. The van der Waals surface area contributed by atoms with Crippen molar-refractivity contribution in [3.8, 4) is 0 Å². The number of nitrogens with one attached hydrogen (secondary N) is 2. The highest BCUT2D eigenvalue weighted by Crippen LogP contribution is 2.44. The Balaban J connectivity index is 1.90. The molecule has 2 aromatic rings. The van der Waals surface area contributed by atoms with Gasteiger partial charge >= 0.3 is 23.9 Å². The van der Waals surface area contributed by atoms with Crippen LogP contribution in [0.4, 0.5) is 0 Å².